The lowest BCUT2D eigenvalue weighted by Gasteiger charge is -2.23. The molecular weight excluding hydrogens is 1390 g/mol. The number of furan rings is 1. The largest absolute Gasteiger partial charge is 0.455 e. The van der Waals surface area contributed by atoms with Gasteiger partial charge in [-0.1, -0.05) is 255 Å². The molecule has 6 aromatic heterocycles. The van der Waals surface area contributed by atoms with Crippen LogP contribution in [0.15, 0.2) is 345 Å². The molecule has 0 saturated heterocycles. The molecule has 0 aliphatic heterocycles. The molecule has 21 aromatic rings. The number of hydrogen-bond acceptors (Lipinski definition) is 9. The molecule has 0 N–H and O–H groups in total. The van der Waals surface area contributed by atoms with Gasteiger partial charge in [0.1, 0.15) is 17.5 Å². The Labute approximate surface area is 645 Å². The van der Waals surface area contributed by atoms with Crippen molar-refractivity contribution in [2.45, 2.75) is 0 Å². The quantitative estimate of drug-likeness (QED) is 0.170. The second kappa shape index (κ2) is 24.1. The first-order valence-electron chi connectivity index (χ1n) is 37.4. The fourth-order valence-corrected chi connectivity index (χ4v) is 20.4. The van der Waals surface area contributed by atoms with E-state index in [1.54, 1.807) is 6.33 Å². The molecule has 3 aliphatic carbocycles. The van der Waals surface area contributed by atoms with Crippen LogP contribution in [-0.2, 0) is 0 Å². The van der Waals surface area contributed by atoms with Gasteiger partial charge in [0, 0.05) is 107 Å². The molecule has 6 heterocycles. The zero-order chi connectivity index (χ0) is 72.5. The number of fused-ring (bicyclic) bond motifs is 33. The van der Waals surface area contributed by atoms with Crippen LogP contribution < -0.4 is 0 Å². The maximum absolute atomic E-state index is 7.03. The molecule has 7 nitrogen and oxygen atoms in total. The van der Waals surface area contributed by atoms with Gasteiger partial charge in [-0.05, 0) is 161 Å². The van der Waals surface area contributed by atoms with E-state index < -0.39 is 0 Å². The predicted octanol–water partition coefficient (Wildman–Crippen LogP) is 28.0. The third-order valence-electron chi connectivity index (χ3n) is 23.1. The number of benzene rings is 15. The van der Waals surface area contributed by atoms with Crippen molar-refractivity contribution in [1.82, 2.24) is 29.9 Å². The van der Waals surface area contributed by atoms with Crippen molar-refractivity contribution < 1.29 is 4.42 Å². The molecule has 24 rings (SSSR count). The number of nitrogens with zero attached hydrogens (tertiary/aromatic N) is 6. The molecule has 0 spiro atoms. The summed E-state index contributed by atoms with van der Waals surface area (Å²) in [5.74, 6) is 0. The van der Waals surface area contributed by atoms with E-state index in [9.17, 15) is 0 Å². The van der Waals surface area contributed by atoms with Crippen molar-refractivity contribution in [1.29, 1.82) is 0 Å². The Hall–Kier alpha value is -14.2. The fourth-order valence-electron chi connectivity index (χ4n) is 18.0. The minimum atomic E-state index is 0.699. The van der Waals surface area contributed by atoms with Crippen molar-refractivity contribution >= 4 is 85.0 Å². The van der Waals surface area contributed by atoms with Crippen LogP contribution in [0, 0.1) is 0 Å². The average molecular weight is 1450 g/mol. The van der Waals surface area contributed by atoms with Crippen molar-refractivity contribution in [2.24, 2.45) is 0 Å². The van der Waals surface area contributed by atoms with Gasteiger partial charge in [0.15, 0.2) is 0 Å². The Morgan fingerprint density at radius 2 is 0.595 bits per heavy atom. The van der Waals surface area contributed by atoms with E-state index in [-0.39, 0.29) is 0 Å². The van der Waals surface area contributed by atoms with Crippen LogP contribution in [0.3, 0.4) is 0 Å². The summed E-state index contributed by atoms with van der Waals surface area (Å²) >= 11 is 3.67. The Balaban J connectivity index is 0.670. The first-order chi connectivity index (χ1) is 55.0. The van der Waals surface area contributed by atoms with Gasteiger partial charge in [-0.2, -0.15) is 0 Å². The van der Waals surface area contributed by atoms with Gasteiger partial charge < -0.3 is 4.42 Å². The van der Waals surface area contributed by atoms with Gasteiger partial charge in [0.2, 0.25) is 0 Å². The summed E-state index contributed by atoms with van der Waals surface area (Å²) in [6.07, 6.45) is 7.57. The second-order valence-electron chi connectivity index (χ2n) is 29.0. The van der Waals surface area contributed by atoms with Gasteiger partial charge in [0.25, 0.3) is 0 Å². The highest BCUT2D eigenvalue weighted by molar-refractivity contribution is 7.26. The van der Waals surface area contributed by atoms with Crippen molar-refractivity contribution in [3.8, 4) is 190 Å². The summed E-state index contributed by atoms with van der Waals surface area (Å²) < 4.78 is 12.0. The van der Waals surface area contributed by atoms with E-state index in [4.69, 9.17) is 29.3 Å². The normalized spacial score (nSPS) is 12.1. The monoisotopic (exact) mass is 1440 g/mol. The van der Waals surface area contributed by atoms with Gasteiger partial charge in [-0.25, -0.2) is 19.9 Å². The number of para-hydroxylation sites is 1. The smallest absolute Gasteiger partial charge is 0.144 e. The van der Waals surface area contributed by atoms with E-state index in [1.165, 1.54) is 51.5 Å². The molecular formula is C102H56N6OS2. The van der Waals surface area contributed by atoms with E-state index >= 15 is 0 Å². The Morgan fingerprint density at radius 3 is 1.19 bits per heavy atom. The summed E-state index contributed by atoms with van der Waals surface area (Å²) in [5, 5.41) is 6.95. The summed E-state index contributed by atoms with van der Waals surface area (Å²) in [6, 6.07) is 115. The first kappa shape index (κ1) is 61.9. The molecule has 3 aliphatic rings. The third kappa shape index (κ3) is 9.44. The van der Waals surface area contributed by atoms with Crippen LogP contribution in [0.2, 0.25) is 0 Å². The molecule has 0 saturated carbocycles. The van der Waals surface area contributed by atoms with E-state index in [1.807, 2.05) is 47.3 Å². The van der Waals surface area contributed by atoms with Crippen LogP contribution in [0.4, 0.5) is 0 Å². The highest BCUT2D eigenvalue weighted by Crippen LogP contribution is 2.55. The van der Waals surface area contributed by atoms with Crippen LogP contribution >= 0.6 is 22.7 Å². The third-order valence-corrected chi connectivity index (χ3v) is 25.5. The fraction of sp³-hybridized carbons (Fsp3) is 0. The molecule has 111 heavy (non-hydrogen) atoms. The standard InChI is InChI=1S/C102H56N6OS2/c1-5-26-68-62(20-1)65-23-7-11-33-76(65)98-96(104-54-90(107-98)81-36-19-35-80-73-30-14-17-38-93(73)110-101(80)81)78-45-41-58(47-85(68)78)61-50-86-72-29-13-16-37-92(72)109-100(86)88(52-61)91-55-105-97-79-44-40-57(46-84(79)67-25-4-2-21-63(67)66-24-8-12-34-77(66)99(97)108-91)60-49-82(102-87(51-60)74-31-15-18-39-94(74)111-102)59-42-43-71-64-22-3-6-27-69(64)89-53-103-56-106-95(89)75-32-10-9-28-70(75)83(71)48-59/h1-56H. The van der Waals surface area contributed by atoms with E-state index in [0.717, 1.165) is 195 Å². The number of rotatable bonds is 5. The zero-order valence-corrected chi connectivity index (χ0v) is 60.9. The summed E-state index contributed by atoms with van der Waals surface area (Å²) in [5.41, 5.74) is 36.4. The molecule has 0 amide bonds. The summed E-state index contributed by atoms with van der Waals surface area (Å²) in [7, 11) is 0. The lowest BCUT2D eigenvalue weighted by atomic mass is 9.81. The Kier molecular flexibility index (Phi) is 13.5. The Morgan fingerprint density at radius 1 is 0.216 bits per heavy atom. The van der Waals surface area contributed by atoms with Crippen molar-refractivity contribution in [3.63, 3.8) is 0 Å². The lowest BCUT2D eigenvalue weighted by Crippen LogP contribution is -2.02. The van der Waals surface area contributed by atoms with Crippen LogP contribution in [0.5, 0.6) is 0 Å². The van der Waals surface area contributed by atoms with Gasteiger partial charge in [0.05, 0.1) is 52.3 Å². The van der Waals surface area contributed by atoms with Crippen LogP contribution in [-0.4, -0.2) is 29.9 Å². The van der Waals surface area contributed by atoms with E-state index in [2.05, 4.69) is 314 Å². The average Bonchev–Trinajstić information content (AvgIpc) is 1.39. The first-order valence-corrected chi connectivity index (χ1v) is 39.0. The molecule has 0 unspecified atom stereocenters. The highest BCUT2D eigenvalue weighted by atomic mass is 32.1. The molecule has 9 heteroatoms. The molecule has 0 bridgehead atoms. The Bertz CT molecular complexity index is 7620. The minimum Gasteiger partial charge on any atom is -0.455 e. The maximum Gasteiger partial charge on any atom is 0.144 e. The molecule has 0 radical (unpaired) electrons. The van der Waals surface area contributed by atoms with E-state index in [0.29, 0.717) is 5.69 Å². The molecule has 0 atom stereocenters. The minimum absolute atomic E-state index is 0.699. The lowest BCUT2D eigenvalue weighted by molar-refractivity contribution is 0.670. The SMILES string of the molecule is c1ccc2c(c1)-c1cc(-c3cc(-c4ccc5c(c4)-c4ccccc4-c4ncncc4-c4ccccc4-5)c4sc5ccccc5c4c3)ccc1-c1ncc(-c3cc(-c4ccc5c(c4)-c4ccccc4-c4ccccc4-c4nc(-c6cccc7c6sc6ccccc67)cnc4-5)cc4c3oc3ccccc34)nc1-c1ccccc1-2. The van der Waals surface area contributed by atoms with Gasteiger partial charge >= 0.3 is 0 Å². The van der Waals surface area contributed by atoms with Crippen molar-refractivity contribution in [2.75, 3.05) is 0 Å². The molecule has 512 valence electrons. The number of aromatic nitrogens is 6. The van der Waals surface area contributed by atoms with Crippen LogP contribution in [0.1, 0.15) is 0 Å². The zero-order valence-electron chi connectivity index (χ0n) is 59.2. The van der Waals surface area contributed by atoms with Crippen molar-refractivity contribution in [3.05, 3.63) is 340 Å². The topological polar surface area (TPSA) is 90.5 Å². The van der Waals surface area contributed by atoms with Crippen LogP contribution in [0.25, 0.3) is 252 Å². The van der Waals surface area contributed by atoms with Gasteiger partial charge in [-0.3, -0.25) is 9.97 Å². The van der Waals surface area contributed by atoms with Gasteiger partial charge in [-0.15, -0.1) is 22.7 Å². The molecule has 0 fully saturated rings. The summed E-state index contributed by atoms with van der Waals surface area (Å²) in [4.78, 5) is 32.2. The highest BCUT2D eigenvalue weighted by Gasteiger charge is 2.31. The molecule has 15 aromatic carbocycles. The second-order valence-corrected chi connectivity index (χ2v) is 31.1. The summed E-state index contributed by atoms with van der Waals surface area (Å²) in [6.45, 7) is 0. The number of hydrogen-bond donors (Lipinski definition) is 0. The predicted molar refractivity (Wildman–Crippen MR) is 459 cm³/mol. The maximum atomic E-state index is 7.03. The number of thiophene rings is 2.